The van der Waals surface area contributed by atoms with Gasteiger partial charge < -0.3 is 21.9 Å². The molecule has 0 aromatic heterocycles. The Kier molecular flexibility index (Phi) is 21100. The van der Waals surface area contributed by atoms with Crippen LogP contribution in [-0.4, -0.2) is 21.9 Å². The molecule has 0 aliphatic heterocycles. The maximum Gasteiger partial charge on any atom is 0 e. The van der Waals surface area contributed by atoms with Gasteiger partial charge in [0.2, 0.25) is 0 Å². The van der Waals surface area contributed by atoms with Crippen LogP contribution in [0.3, 0.4) is 0 Å². The molecular weight excluding hydrogens is 256 g/mol. The second kappa shape index (κ2) is 228. The van der Waals surface area contributed by atoms with E-state index in [0.29, 0.717) is 0 Å². The minimum absolute atomic E-state index is 0. The van der Waals surface area contributed by atoms with Gasteiger partial charge in [0.05, 0.1) is 0 Å². The van der Waals surface area contributed by atoms with Gasteiger partial charge in [-0.2, -0.15) is 0 Å². The van der Waals surface area contributed by atoms with E-state index in [1.54, 1.807) is 0 Å². The van der Waals surface area contributed by atoms with Crippen LogP contribution in [0.1, 0.15) is 0 Å². The van der Waals surface area contributed by atoms with E-state index in [0.717, 1.165) is 0 Å². The molecule has 0 heterocycles. The fourth-order valence-corrected chi connectivity index (χ4v) is 0. The van der Waals surface area contributed by atoms with Gasteiger partial charge in [0.15, 0.2) is 0 Å². The molecule has 0 atom stereocenters. The summed E-state index contributed by atoms with van der Waals surface area (Å²) in [6, 6.07) is 0. The molecule has 6 N–H and O–H groups in total. The van der Waals surface area contributed by atoms with Crippen molar-refractivity contribution < 1.29 is 42.0 Å². The molecule has 0 fully saturated rings. The first kappa shape index (κ1) is 462. The maximum absolute atomic E-state index is 0. The summed E-state index contributed by atoms with van der Waals surface area (Å²) in [7, 11) is 0. The van der Waals surface area contributed by atoms with Crippen LogP contribution in [0.2, 0.25) is 0 Å². The first-order valence-electron chi connectivity index (χ1n) is 0. The van der Waals surface area contributed by atoms with E-state index >= 15 is 0 Å². The fraction of sp³-hybridized carbons (Fsp3) is 0. The van der Waals surface area contributed by atoms with E-state index in [-0.39, 0.29) is 42.0 Å². The van der Waals surface area contributed by atoms with Crippen molar-refractivity contribution in [1.29, 1.82) is 0 Å². The molecule has 5 heteroatoms. The Hall–Kier alpha value is 0.489. The molecule has 0 aromatic rings. The Labute approximate surface area is 42.8 Å². The van der Waals surface area contributed by atoms with Crippen LogP contribution in [0.25, 0.3) is 0 Å². The van der Waals surface area contributed by atoms with Crippen LogP contribution in [0.15, 0.2) is 0 Å². The number of hydrogen-bond acceptors (Lipinski definition) is 2. The normalized spacial score (nSPS) is 0. The summed E-state index contributed by atoms with van der Waals surface area (Å²) in [5.74, 6) is 0. The minimum atomic E-state index is 0. The predicted octanol–water partition coefficient (Wildman–Crippen LogP) is -2.01. The standard InChI is InChI=1S/Ir.4H2O/h;4*1H2/p-2. The van der Waals surface area contributed by atoms with Crippen molar-refractivity contribution in [1.82, 2.24) is 0 Å². The third kappa shape index (κ3) is 116. The Morgan fingerprint density at radius 3 is 0.600 bits per heavy atom. The predicted molar refractivity (Wildman–Crippen MR) is 11.1 cm³/mol. The quantitative estimate of drug-likeness (QED) is 0.500. The summed E-state index contributed by atoms with van der Waals surface area (Å²) >= 11 is 0. The van der Waals surface area contributed by atoms with Crippen LogP contribution in [0.4, 0.5) is 0 Å². The number of hydrogen-bond donors (Lipinski definition) is 0. The fourth-order valence-electron chi connectivity index (χ4n) is 0. The van der Waals surface area contributed by atoms with Gasteiger partial charge in [-0.25, -0.2) is 0 Å². The largest absolute Gasteiger partial charge is 0.870 e. The van der Waals surface area contributed by atoms with Gasteiger partial charge in [0.1, 0.15) is 0 Å². The molecule has 0 aromatic carbocycles. The van der Waals surface area contributed by atoms with E-state index in [1.807, 2.05) is 0 Å². The smallest absolute Gasteiger partial charge is 0 e. The molecule has 41 valence electrons. The zero-order chi connectivity index (χ0) is 0. The van der Waals surface area contributed by atoms with Gasteiger partial charge in [0.25, 0.3) is 0 Å². The molecule has 0 saturated heterocycles. The third-order valence-electron chi connectivity index (χ3n) is 0. The molecule has 1 radical (unpaired) electrons. The first-order valence-corrected chi connectivity index (χ1v) is 0. The van der Waals surface area contributed by atoms with Gasteiger partial charge in [-0.1, -0.05) is 0 Å². The zero-order valence-electron chi connectivity index (χ0n) is 2.23. The average Bonchev–Trinajstić information content (AvgIpc) is 0. The van der Waals surface area contributed by atoms with E-state index in [1.165, 1.54) is 0 Å². The second-order valence-corrected chi connectivity index (χ2v) is 0. The summed E-state index contributed by atoms with van der Waals surface area (Å²) in [5.41, 5.74) is 0. The van der Waals surface area contributed by atoms with E-state index < -0.39 is 0 Å². The topological polar surface area (TPSA) is 123 Å². The molecule has 0 saturated carbocycles. The molecule has 0 bridgehead atoms. The van der Waals surface area contributed by atoms with Gasteiger partial charge in [-0.15, -0.1) is 0 Å². The summed E-state index contributed by atoms with van der Waals surface area (Å²) in [4.78, 5) is 0. The van der Waals surface area contributed by atoms with Crippen LogP contribution in [0, 0.1) is 0 Å². The SMILES string of the molecule is O.O.[Ir].[OH-].[OH-]. The molecule has 5 heavy (non-hydrogen) atoms. The molecule has 0 spiro atoms. The van der Waals surface area contributed by atoms with Crippen LogP contribution in [0.5, 0.6) is 0 Å². The molecule has 4 nitrogen and oxygen atoms in total. The summed E-state index contributed by atoms with van der Waals surface area (Å²) in [6.07, 6.45) is 0. The molecule has 0 rings (SSSR count). The van der Waals surface area contributed by atoms with Crippen molar-refractivity contribution >= 4 is 0 Å². The van der Waals surface area contributed by atoms with Crippen molar-refractivity contribution in [3.8, 4) is 0 Å². The van der Waals surface area contributed by atoms with E-state index in [2.05, 4.69) is 0 Å². The summed E-state index contributed by atoms with van der Waals surface area (Å²) in [6.45, 7) is 0. The first-order chi connectivity index (χ1) is 0. The van der Waals surface area contributed by atoms with Gasteiger partial charge in [-0.05, 0) is 0 Å². The summed E-state index contributed by atoms with van der Waals surface area (Å²) in [5, 5.41) is 0. The summed E-state index contributed by atoms with van der Waals surface area (Å²) < 4.78 is 0. The average molecular weight is 262 g/mol. The molecule has 0 aliphatic carbocycles. The van der Waals surface area contributed by atoms with Crippen molar-refractivity contribution in [2.75, 3.05) is 0 Å². The Morgan fingerprint density at radius 1 is 0.600 bits per heavy atom. The molecule has 0 aliphatic rings. The van der Waals surface area contributed by atoms with Crippen LogP contribution in [-0.2, 0) is 20.1 Å². The van der Waals surface area contributed by atoms with Crippen molar-refractivity contribution in [2.24, 2.45) is 0 Å². The Balaban J connectivity index is 0. The van der Waals surface area contributed by atoms with Crippen molar-refractivity contribution in [3.63, 3.8) is 0 Å². The third-order valence-corrected chi connectivity index (χ3v) is 0. The van der Waals surface area contributed by atoms with E-state index in [4.69, 9.17) is 0 Å². The Morgan fingerprint density at radius 2 is 0.600 bits per heavy atom. The molecule has 0 amide bonds. The van der Waals surface area contributed by atoms with Gasteiger partial charge in [0, 0.05) is 20.1 Å². The van der Waals surface area contributed by atoms with Gasteiger partial charge >= 0.3 is 0 Å². The zero-order valence-corrected chi connectivity index (χ0v) is 4.62. The van der Waals surface area contributed by atoms with Crippen molar-refractivity contribution in [3.05, 3.63) is 0 Å². The van der Waals surface area contributed by atoms with Crippen LogP contribution < -0.4 is 0 Å². The second-order valence-electron chi connectivity index (χ2n) is 0. The number of rotatable bonds is 0. The molecular formula is H6IrO4-2. The van der Waals surface area contributed by atoms with Crippen molar-refractivity contribution in [2.45, 2.75) is 0 Å². The van der Waals surface area contributed by atoms with E-state index in [9.17, 15) is 0 Å². The minimum Gasteiger partial charge on any atom is -0.870 e. The maximum atomic E-state index is 0. The monoisotopic (exact) mass is 263 g/mol. The van der Waals surface area contributed by atoms with Gasteiger partial charge in [-0.3, -0.25) is 0 Å². The molecule has 0 unspecified atom stereocenters. The Bertz CT molecular complexity index is 3.61. The van der Waals surface area contributed by atoms with Crippen LogP contribution >= 0.6 is 0 Å².